The van der Waals surface area contributed by atoms with Crippen molar-refractivity contribution in [2.45, 2.75) is 104 Å². The highest BCUT2D eigenvalue weighted by Gasteiger charge is 2.16. The maximum Gasteiger partial charge on any atom is 0.0568 e. The molecule has 0 saturated carbocycles. The molecule has 0 spiro atoms. The summed E-state index contributed by atoms with van der Waals surface area (Å²) in [5, 5.41) is 10.2. The van der Waals surface area contributed by atoms with Crippen LogP contribution in [0, 0.1) is 5.92 Å². The Morgan fingerprint density at radius 2 is 1.17 bits per heavy atom. The van der Waals surface area contributed by atoms with E-state index in [0.717, 1.165) is 12.8 Å². The molecule has 1 heteroatoms. The first-order valence-electron chi connectivity index (χ1n) is 8.44. The van der Waals surface area contributed by atoms with Gasteiger partial charge in [0, 0.05) is 0 Å². The van der Waals surface area contributed by atoms with Crippen LogP contribution in [-0.4, -0.2) is 11.2 Å². The van der Waals surface area contributed by atoms with Gasteiger partial charge in [-0.3, -0.25) is 0 Å². The molecule has 0 bridgehead atoms. The van der Waals surface area contributed by atoms with Crippen molar-refractivity contribution < 1.29 is 5.11 Å². The van der Waals surface area contributed by atoms with Gasteiger partial charge < -0.3 is 5.11 Å². The zero-order valence-electron chi connectivity index (χ0n) is 13.1. The molecule has 0 amide bonds. The summed E-state index contributed by atoms with van der Waals surface area (Å²) in [4.78, 5) is 0. The van der Waals surface area contributed by atoms with E-state index in [-0.39, 0.29) is 6.10 Å². The van der Waals surface area contributed by atoms with Crippen LogP contribution < -0.4 is 0 Å². The highest BCUT2D eigenvalue weighted by molar-refractivity contribution is 4.68. The fourth-order valence-corrected chi connectivity index (χ4v) is 2.69. The van der Waals surface area contributed by atoms with Gasteiger partial charge in [-0.25, -0.2) is 0 Å². The van der Waals surface area contributed by atoms with E-state index in [1.807, 2.05) is 0 Å². The van der Waals surface area contributed by atoms with Crippen LogP contribution >= 0.6 is 0 Å². The number of unbranched alkanes of at least 4 members (excludes halogenated alkanes) is 7. The lowest BCUT2D eigenvalue weighted by Crippen LogP contribution is -2.19. The first-order valence-corrected chi connectivity index (χ1v) is 8.44. The Morgan fingerprint density at radius 3 is 1.72 bits per heavy atom. The Hall–Kier alpha value is -0.0400. The number of aliphatic hydroxyl groups excluding tert-OH is 1. The number of rotatable bonds is 13. The third-order valence-electron chi connectivity index (χ3n) is 4.10. The van der Waals surface area contributed by atoms with Gasteiger partial charge in [0.2, 0.25) is 0 Å². The smallest absolute Gasteiger partial charge is 0.0568 e. The van der Waals surface area contributed by atoms with Crippen molar-refractivity contribution in [1.29, 1.82) is 0 Å². The summed E-state index contributed by atoms with van der Waals surface area (Å²) in [7, 11) is 0. The van der Waals surface area contributed by atoms with Crippen molar-refractivity contribution in [3.05, 3.63) is 0 Å². The Kier molecular flexibility index (Phi) is 13.4. The van der Waals surface area contributed by atoms with Crippen molar-refractivity contribution >= 4 is 0 Å². The van der Waals surface area contributed by atoms with Crippen molar-refractivity contribution in [2.24, 2.45) is 5.92 Å². The first-order chi connectivity index (χ1) is 8.76. The second kappa shape index (κ2) is 13.4. The van der Waals surface area contributed by atoms with Crippen LogP contribution in [0.1, 0.15) is 97.8 Å². The van der Waals surface area contributed by atoms with E-state index in [0.29, 0.717) is 5.92 Å². The molecule has 0 heterocycles. The Labute approximate surface area is 115 Å². The molecule has 2 atom stereocenters. The van der Waals surface area contributed by atoms with E-state index in [1.54, 1.807) is 0 Å². The number of aliphatic hydroxyl groups is 1. The molecule has 0 aromatic rings. The fourth-order valence-electron chi connectivity index (χ4n) is 2.69. The predicted octanol–water partition coefficient (Wildman–Crippen LogP) is 5.70. The molecule has 0 aliphatic heterocycles. The van der Waals surface area contributed by atoms with Gasteiger partial charge >= 0.3 is 0 Å². The zero-order chi connectivity index (χ0) is 13.6. The normalized spacial score (nSPS) is 14.7. The second-order valence-corrected chi connectivity index (χ2v) is 5.79. The molecule has 1 nitrogen and oxygen atoms in total. The lowest BCUT2D eigenvalue weighted by molar-refractivity contribution is 0.0872. The molecule has 0 rings (SSSR count). The van der Waals surface area contributed by atoms with Crippen LogP contribution in [-0.2, 0) is 0 Å². The summed E-state index contributed by atoms with van der Waals surface area (Å²) in [5.41, 5.74) is 0. The summed E-state index contributed by atoms with van der Waals surface area (Å²) in [5.74, 6) is 0.549. The first kappa shape index (κ1) is 18.0. The molecule has 0 saturated heterocycles. The molecule has 0 radical (unpaired) electrons. The van der Waals surface area contributed by atoms with Crippen LogP contribution in [0.2, 0.25) is 0 Å². The molecular formula is C17H36O. The van der Waals surface area contributed by atoms with E-state index < -0.39 is 0 Å². The third kappa shape index (κ3) is 9.94. The van der Waals surface area contributed by atoms with Gasteiger partial charge in [0.15, 0.2) is 0 Å². The minimum absolute atomic E-state index is 0.0433. The molecule has 0 aromatic heterocycles. The summed E-state index contributed by atoms with van der Waals surface area (Å²) in [6.07, 6.45) is 15.2. The largest absolute Gasteiger partial charge is 0.393 e. The van der Waals surface area contributed by atoms with Gasteiger partial charge in [-0.2, -0.15) is 0 Å². The maximum absolute atomic E-state index is 10.2. The highest BCUT2D eigenvalue weighted by atomic mass is 16.3. The molecule has 110 valence electrons. The van der Waals surface area contributed by atoms with Gasteiger partial charge in [-0.15, -0.1) is 0 Å². The van der Waals surface area contributed by atoms with Crippen LogP contribution in [0.4, 0.5) is 0 Å². The minimum Gasteiger partial charge on any atom is -0.393 e. The maximum atomic E-state index is 10.2. The lowest BCUT2D eigenvalue weighted by Gasteiger charge is -2.21. The van der Waals surface area contributed by atoms with Crippen LogP contribution in [0.15, 0.2) is 0 Å². The van der Waals surface area contributed by atoms with Gasteiger partial charge in [0.25, 0.3) is 0 Å². The molecule has 18 heavy (non-hydrogen) atoms. The summed E-state index contributed by atoms with van der Waals surface area (Å²) >= 11 is 0. The standard InChI is InChI=1S/C17H36O/c1-4-7-9-11-13-15-17(18)16(6-3)14-12-10-8-5-2/h16-18H,4-15H2,1-3H3. The van der Waals surface area contributed by atoms with E-state index in [9.17, 15) is 5.11 Å². The quantitative estimate of drug-likeness (QED) is 0.419. The number of hydrogen-bond donors (Lipinski definition) is 1. The van der Waals surface area contributed by atoms with Crippen molar-refractivity contribution in [3.63, 3.8) is 0 Å². The lowest BCUT2D eigenvalue weighted by atomic mass is 9.90. The molecule has 0 aromatic carbocycles. The molecule has 0 fully saturated rings. The van der Waals surface area contributed by atoms with Gasteiger partial charge in [0.1, 0.15) is 0 Å². The summed E-state index contributed by atoms with van der Waals surface area (Å²) in [6, 6.07) is 0. The summed E-state index contributed by atoms with van der Waals surface area (Å²) < 4.78 is 0. The Morgan fingerprint density at radius 1 is 0.667 bits per heavy atom. The minimum atomic E-state index is -0.0433. The van der Waals surface area contributed by atoms with Crippen LogP contribution in [0.5, 0.6) is 0 Å². The SMILES string of the molecule is CCCCCCCC(O)C(CC)CCCCCC. The molecule has 0 aliphatic rings. The molecular weight excluding hydrogens is 220 g/mol. The average Bonchev–Trinajstić information content (AvgIpc) is 2.38. The molecule has 0 aliphatic carbocycles. The van der Waals surface area contributed by atoms with E-state index in [2.05, 4.69) is 20.8 Å². The predicted molar refractivity (Wildman–Crippen MR) is 81.9 cm³/mol. The van der Waals surface area contributed by atoms with Crippen LogP contribution in [0.25, 0.3) is 0 Å². The van der Waals surface area contributed by atoms with Crippen molar-refractivity contribution in [1.82, 2.24) is 0 Å². The topological polar surface area (TPSA) is 20.2 Å². The zero-order valence-corrected chi connectivity index (χ0v) is 13.1. The monoisotopic (exact) mass is 256 g/mol. The Bertz CT molecular complexity index is 156. The van der Waals surface area contributed by atoms with Crippen LogP contribution in [0.3, 0.4) is 0 Å². The van der Waals surface area contributed by atoms with Gasteiger partial charge in [-0.1, -0.05) is 85.0 Å². The van der Waals surface area contributed by atoms with E-state index >= 15 is 0 Å². The molecule has 2 unspecified atom stereocenters. The van der Waals surface area contributed by atoms with Gasteiger partial charge in [0.05, 0.1) is 6.10 Å². The van der Waals surface area contributed by atoms with Gasteiger partial charge in [-0.05, 0) is 18.8 Å². The second-order valence-electron chi connectivity index (χ2n) is 5.79. The average molecular weight is 256 g/mol. The molecule has 1 N–H and O–H groups in total. The van der Waals surface area contributed by atoms with E-state index in [4.69, 9.17) is 0 Å². The van der Waals surface area contributed by atoms with Crippen molar-refractivity contribution in [3.8, 4) is 0 Å². The Balaban J connectivity index is 3.58. The third-order valence-corrected chi connectivity index (χ3v) is 4.10. The fraction of sp³-hybridized carbons (Fsp3) is 1.00. The number of hydrogen-bond acceptors (Lipinski definition) is 1. The van der Waals surface area contributed by atoms with Crippen molar-refractivity contribution in [2.75, 3.05) is 0 Å². The summed E-state index contributed by atoms with van der Waals surface area (Å²) in [6.45, 7) is 6.73. The highest BCUT2D eigenvalue weighted by Crippen LogP contribution is 2.22. The van der Waals surface area contributed by atoms with E-state index in [1.165, 1.54) is 64.2 Å².